The average Bonchev–Trinajstić information content (AvgIpc) is 2.87. The van der Waals surface area contributed by atoms with Crippen LogP contribution in [0.2, 0.25) is 0 Å². The Morgan fingerprint density at radius 1 is 1.05 bits per heavy atom. The van der Waals surface area contributed by atoms with Crippen molar-refractivity contribution in [3.8, 4) is 0 Å². The van der Waals surface area contributed by atoms with Gasteiger partial charge in [0.2, 0.25) is 0 Å². The molecule has 20 heavy (non-hydrogen) atoms. The third-order valence-corrected chi connectivity index (χ3v) is 3.79. The molecule has 0 aliphatic heterocycles. The molecule has 0 radical (unpaired) electrons. The van der Waals surface area contributed by atoms with Crippen LogP contribution in [-0.2, 0) is 11.1 Å². The maximum Gasteiger partial charge on any atom is 0.0453 e. The molecule has 0 bridgehead atoms. The van der Waals surface area contributed by atoms with Crippen LogP contribution in [0.1, 0.15) is 11.1 Å². The van der Waals surface area contributed by atoms with Crippen molar-refractivity contribution in [3.05, 3.63) is 65.9 Å². The van der Waals surface area contributed by atoms with Crippen molar-refractivity contribution in [2.45, 2.75) is 18.7 Å². The number of benzene rings is 2. The van der Waals surface area contributed by atoms with Gasteiger partial charge in [0.15, 0.2) is 0 Å². The lowest BCUT2D eigenvalue weighted by Crippen LogP contribution is -1.92. The minimum Gasteiger partial charge on any atom is -0.768 e. The second-order valence-corrected chi connectivity index (χ2v) is 5.48. The standard InChI is InChI=1S/C8H7N.C8H10O2S/c1-2-4-8-7(3-1)5-6-9-8;1-6-3-4-8(11(9)10)7(2)5-6/h1-6,9H;3-5H,1-2H3,(H,9,10)/p-1. The predicted octanol–water partition coefficient (Wildman–Crippen LogP) is 3.71. The first-order valence-corrected chi connectivity index (χ1v) is 7.34. The second-order valence-electron chi connectivity index (χ2n) is 4.57. The van der Waals surface area contributed by atoms with Gasteiger partial charge in [-0.1, -0.05) is 35.9 Å². The molecule has 0 aliphatic carbocycles. The Hall–Kier alpha value is -1.91. The van der Waals surface area contributed by atoms with E-state index in [1.165, 1.54) is 10.9 Å². The van der Waals surface area contributed by atoms with Crippen molar-refractivity contribution in [3.63, 3.8) is 0 Å². The normalized spacial score (nSPS) is 11.8. The summed E-state index contributed by atoms with van der Waals surface area (Å²) < 4.78 is 21.1. The van der Waals surface area contributed by atoms with Crippen molar-refractivity contribution < 1.29 is 8.76 Å². The van der Waals surface area contributed by atoms with Gasteiger partial charge < -0.3 is 9.54 Å². The molecule has 3 aromatic rings. The molecular weight excluding hydrogens is 270 g/mol. The first-order chi connectivity index (χ1) is 9.58. The monoisotopic (exact) mass is 286 g/mol. The zero-order valence-corrected chi connectivity index (χ0v) is 12.2. The lowest BCUT2D eigenvalue weighted by Gasteiger charge is -2.08. The molecule has 0 spiro atoms. The van der Waals surface area contributed by atoms with Gasteiger partial charge in [0.05, 0.1) is 0 Å². The van der Waals surface area contributed by atoms with E-state index >= 15 is 0 Å². The van der Waals surface area contributed by atoms with Crippen LogP contribution < -0.4 is 0 Å². The second kappa shape index (κ2) is 6.50. The Kier molecular flexibility index (Phi) is 4.71. The molecule has 1 N–H and O–H groups in total. The summed E-state index contributed by atoms with van der Waals surface area (Å²) in [5.74, 6) is 0. The smallest absolute Gasteiger partial charge is 0.0453 e. The number of aromatic amines is 1. The van der Waals surface area contributed by atoms with Gasteiger partial charge in [-0.3, -0.25) is 4.21 Å². The number of hydrogen-bond acceptors (Lipinski definition) is 2. The molecule has 0 saturated carbocycles. The van der Waals surface area contributed by atoms with E-state index in [1.54, 1.807) is 19.1 Å². The van der Waals surface area contributed by atoms with Crippen LogP contribution in [-0.4, -0.2) is 13.7 Å². The highest BCUT2D eigenvalue weighted by atomic mass is 32.2. The number of aromatic nitrogens is 1. The summed E-state index contributed by atoms with van der Waals surface area (Å²) in [4.78, 5) is 3.50. The molecule has 2 aromatic carbocycles. The van der Waals surface area contributed by atoms with E-state index in [0.717, 1.165) is 11.1 Å². The number of hydrogen-bond donors (Lipinski definition) is 1. The van der Waals surface area contributed by atoms with E-state index in [0.29, 0.717) is 4.90 Å². The van der Waals surface area contributed by atoms with Gasteiger partial charge in [-0.05, 0) is 54.1 Å². The zero-order chi connectivity index (χ0) is 14.5. The zero-order valence-electron chi connectivity index (χ0n) is 11.4. The van der Waals surface area contributed by atoms with Crippen LogP contribution in [0.25, 0.3) is 10.9 Å². The third-order valence-electron chi connectivity index (χ3n) is 2.97. The molecule has 3 rings (SSSR count). The number of nitrogens with one attached hydrogen (secondary N) is 1. The molecule has 0 amide bonds. The molecule has 1 heterocycles. The van der Waals surface area contributed by atoms with Crippen molar-refractivity contribution in [1.29, 1.82) is 0 Å². The Balaban J connectivity index is 0.000000149. The van der Waals surface area contributed by atoms with Gasteiger partial charge in [-0.15, -0.1) is 0 Å². The van der Waals surface area contributed by atoms with Gasteiger partial charge >= 0.3 is 0 Å². The van der Waals surface area contributed by atoms with Gasteiger partial charge in [-0.25, -0.2) is 0 Å². The number of rotatable bonds is 1. The molecular formula is C16H16NO2S-. The molecule has 0 aliphatic rings. The van der Waals surface area contributed by atoms with E-state index < -0.39 is 11.1 Å². The summed E-state index contributed by atoms with van der Waals surface area (Å²) in [6, 6.07) is 15.5. The summed E-state index contributed by atoms with van der Waals surface area (Å²) in [5.41, 5.74) is 3.09. The largest absolute Gasteiger partial charge is 0.768 e. The highest BCUT2D eigenvalue weighted by Crippen LogP contribution is 2.12. The SMILES string of the molecule is Cc1ccc(S(=O)[O-])c(C)c1.c1ccc2[nH]ccc2c1. The van der Waals surface area contributed by atoms with E-state index in [4.69, 9.17) is 0 Å². The van der Waals surface area contributed by atoms with Gasteiger partial charge in [0, 0.05) is 16.6 Å². The summed E-state index contributed by atoms with van der Waals surface area (Å²) in [5, 5.41) is 1.28. The summed E-state index contributed by atoms with van der Waals surface area (Å²) in [7, 11) is 0. The van der Waals surface area contributed by atoms with E-state index in [-0.39, 0.29) is 0 Å². The lowest BCUT2D eigenvalue weighted by molar-refractivity contribution is 0.536. The fourth-order valence-corrected chi connectivity index (χ4v) is 2.48. The first-order valence-electron chi connectivity index (χ1n) is 6.26. The molecule has 104 valence electrons. The van der Waals surface area contributed by atoms with Crippen LogP contribution in [0.5, 0.6) is 0 Å². The molecule has 0 fully saturated rings. The van der Waals surface area contributed by atoms with E-state index in [2.05, 4.69) is 23.2 Å². The molecule has 3 nitrogen and oxygen atoms in total. The van der Waals surface area contributed by atoms with Gasteiger partial charge in [0.1, 0.15) is 0 Å². The third kappa shape index (κ3) is 3.56. The van der Waals surface area contributed by atoms with Crippen LogP contribution in [0.3, 0.4) is 0 Å². The minimum atomic E-state index is -2.10. The number of aryl methyl sites for hydroxylation is 2. The Bertz CT molecular complexity index is 704. The van der Waals surface area contributed by atoms with Crippen LogP contribution in [0, 0.1) is 13.8 Å². The molecule has 1 atom stereocenters. The molecule has 0 saturated heterocycles. The maximum absolute atomic E-state index is 10.5. The first kappa shape index (κ1) is 14.5. The number of H-pyrrole nitrogens is 1. The average molecular weight is 286 g/mol. The predicted molar refractivity (Wildman–Crippen MR) is 81.4 cm³/mol. The van der Waals surface area contributed by atoms with Crippen LogP contribution in [0.4, 0.5) is 0 Å². The topological polar surface area (TPSA) is 55.9 Å². The van der Waals surface area contributed by atoms with Gasteiger partial charge in [-0.2, -0.15) is 0 Å². The van der Waals surface area contributed by atoms with E-state index in [9.17, 15) is 8.76 Å². The van der Waals surface area contributed by atoms with Crippen molar-refractivity contribution >= 4 is 22.0 Å². The maximum atomic E-state index is 10.5. The summed E-state index contributed by atoms with van der Waals surface area (Å²) in [6.07, 6.45) is 1.95. The Labute approximate surface area is 120 Å². The molecule has 4 heteroatoms. The lowest BCUT2D eigenvalue weighted by atomic mass is 10.2. The van der Waals surface area contributed by atoms with Crippen molar-refractivity contribution in [2.75, 3.05) is 0 Å². The molecule has 1 aromatic heterocycles. The van der Waals surface area contributed by atoms with Crippen LogP contribution in [0.15, 0.2) is 59.6 Å². The minimum absolute atomic E-state index is 0.385. The quantitative estimate of drug-likeness (QED) is 0.693. The summed E-state index contributed by atoms with van der Waals surface area (Å²) >= 11 is -2.10. The Morgan fingerprint density at radius 3 is 2.45 bits per heavy atom. The fourth-order valence-electron chi connectivity index (χ4n) is 1.98. The number of fused-ring (bicyclic) bond motifs is 1. The van der Waals surface area contributed by atoms with Gasteiger partial charge in [0.25, 0.3) is 0 Å². The van der Waals surface area contributed by atoms with Crippen LogP contribution >= 0.6 is 0 Å². The van der Waals surface area contributed by atoms with Crippen molar-refractivity contribution in [1.82, 2.24) is 4.98 Å². The molecule has 1 unspecified atom stereocenters. The highest BCUT2D eigenvalue weighted by Gasteiger charge is 1.96. The van der Waals surface area contributed by atoms with Crippen molar-refractivity contribution in [2.24, 2.45) is 0 Å². The summed E-state index contributed by atoms with van der Waals surface area (Å²) in [6.45, 7) is 3.72. The van der Waals surface area contributed by atoms with E-state index in [1.807, 2.05) is 31.3 Å². The Morgan fingerprint density at radius 2 is 1.80 bits per heavy atom. The highest BCUT2D eigenvalue weighted by molar-refractivity contribution is 7.79. The fraction of sp³-hybridized carbons (Fsp3) is 0.125. The number of para-hydroxylation sites is 1.